The fourth-order valence-electron chi connectivity index (χ4n) is 3.27. The molecule has 0 saturated heterocycles. The van der Waals surface area contributed by atoms with E-state index < -0.39 is 22.5 Å². The Balaban J connectivity index is 1.74. The SMILES string of the molecule is Cc1cc(/C=N/NC(=O)CN(c2ccc(Br)cc2)S(C)(=O)=O)c(C)n1-c1ccccc1F. The topological polar surface area (TPSA) is 83.8 Å². The summed E-state index contributed by atoms with van der Waals surface area (Å²) in [6.07, 6.45) is 2.48. The second-order valence-electron chi connectivity index (χ2n) is 7.15. The highest BCUT2D eigenvalue weighted by atomic mass is 79.9. The number of aryl methyl sites for hydroxylation is 1. The molecule has 0 bridgehead atoms. The Hall–Kier alpha value is -2.98. The molecule has 3 aromatic rings. The van der Waals surface area contributed by atoms with Crippen LogP contribution in [0.25, 0.3) is 5.69 Å². The molecule has 0 unspecified atom stereocenters. The number of para-hydroxylation sites is 1. The Morgan fingerprint density at radius 2 is 1.84 bits per heavy atom. The number of nitrogens with one attached hydrogen (secondary N) is 1. The minimum atomic E-state index is -3.68. The maximum absolute atomic E-state index is 14.2. The minimum absolute atomic E-state index is 0.347. The van der Waals surface area contributed by atoms with E-state index in [0.717, 1.165) is 26.4 Å². The molecule has 1 heterocycles. The largest absolute Gasteiger partial charge is 0.315 e. The molecule has 0 atom stereocenters. The summed E-state index contributed by atoms with van der Waals surface area (Å²) < 4.78 is 42.1. The van der Waals surface area contributed by atoms with Crippen LogP contribution in [0, 0.1) is 19.7 Å². The van der Waals surface area contributed by atoms with E-state index in [9.17, 15) is 17.6 Å². The van der Waals surface area contributed by atoms with Crippen LogP contribution in [0.1, 0.15) is 17.0 Å². The van der Waals surface area contributed by atoms with Gasteiger partial charge in [-0.25, -0.2) is 18.2 Å². The third-order valence-corrected chi connectivity index (χ3v) is 6.43. The number of anilines is 1. The van der Waals surface area contributed by atoms with Crippen molar-refractivity contribution in [1.29, 1.82) is 0 Å². The molecule has 0 radical (unpaired) electrons. The number of rotatable bonds is 7. The Labute approximate surface area is 194 Å². The zero-order valence-electron chi connectivity index (χ0n) is 17.7. The summed E-state index contributed by atoms with van der Waals surface area (Å²) >= 11 is 3.29. The number of hydrogen-bond donors (Lipinski definition) is 1. The lowest BCUT2D eigenvalue weighted by Crippen LogP contribution is -2.39. The molecular formula is C22H22BrFN4O3S. The van der Waals surface area contributed by atoms with Gasteiger partial charge in [0.1, 0.15) is 12.4 Å². The zero-order chi connectivity index (χ0) is 23.5. The van der Waals surface area contributed by atoms with Crippen molar-refractivity contribution in [3.8, 4) is 5.69 Å². The quantitative estimate of drug-likeness (QED) is 0.378. The summed E-state index contributed by atoms with van der Waals surface area (Å²) in [5, 5.41) is 3.96. The molecule has 168 valence electrons. The summed E-state index contributed by atoms with van der Waals surface area (Å²) in [7, 11) is -3.68. The predicted octanol–water partition coefficient (Wildman–Crippen LogP) is 3.91. The Bertz CT molecular complexity index is 1270. The molecule has 0 fully saturated rings. The van der Waals surface area contributed by atoms with Gasteiger partial charge in [0.2, 0.25) is 10.0 Å². The van der Waals surface area contributed by atoms with Gasteiger partial charge >= 0.3 is 0 Å². The zero-order valence-corrected chi connectivity index (χ0v) is 20.1. The second kappa shape index (κ2) is 9.66. The van der Waals surface area contributed by atoms with Crippen molar-refractivity contribution in [3.05, 3.63) is 81.8 Å². The van der Waals surface area contributed by atoms with Gasteiger partial charge in [-0.1, -0.05) is 28.1 Å². The molecule has 0 aliphatic rings. The van der Waals surface area contributed by atoms with Crippen LogP contribution >= 0.6 is 15.9 Å². The molecule has 10 heteroatoms. The van der Waals surface area contributed by atoms with Gasteiger partial charge in [0, 0.05) is 21.4 Å². The van der Waals surface area contributed by atoms with E-state index in [1.807, 2.05) is 19.9 Å². The first kappa shape index (κ1) is 23.7. The molecule has 32 heavy (non-hydrogen) atoms. The highest BCUT2D eigenvalue weighted by Crippen LogP contribution is 2.22. The molecule has 1 N–H and O–H groups in total. The second-order valence-corrected chi connectivity index (χ2v) is 9.98. The maximum atomic E-state index is 14.2. The van der Waals surface area contributed by atoms with Gasteiger partial charge in [-0.05, 0) is 56.3 Å². The standard InChI is InChI=1S/C22H22BrFN4O3S/c1-15-12-17(16(2)28(15)21-7-5-4-6-20(21)24)13-25-26-22(29)14-27(32(3,30)31)19-10-8-18(23)9-11-19/h4-13H,14H2,1-3H3,(H,26,29)/b25-13+. The number of nitrogens with zero attached hydrogens (tertiary/aromatic N) is 3. The van der Waals surface area contributed by atoms with Crippen LogP contribution in [0.5, 0.6) is 0 Å². The van der Waals surface area contributed by atoms with Crippen molar-refractivity contribution in [2.75, 3.05) is 17.1 Å². The third kappa shape index (κ3) is 5.43. The Morgan fingerprint density at radius 1 is 1.19 bits per heavy atom. The molecule has 0 aliphatic carbocycles. The van der Waals surface area contributed by atoms with Crippen LogP contribution in [-0.4, -0.2) is 37.9 Å². The van der Waals surface area contributed by atoms with E-state index in [-0.39, 0.29) is 5.82 Å². The number of carbonyl (C=O) groups excluding carboxylic acids is 1. The number of sulfonamides is 1. The van der Waals surface area contributed by atoms with Gasteiger partial charge in [-0.2, -0.15) is 5.10 Å². The summed E-state index contributed by atoms with van der Waals surface area (Å²) in [5.74, 6) is -0.947. The van der Waals surface area contributed by atoms with Gasteiger partial charge in [0.25, 0.3) is 5.91 Å². The van der Waals surface area contributed by atoms with Crippen molar-refractivity contribution in [3.63, 3.8) is 0 Å². The van der Waals surface area contributed by atoms with Crippen molar-refractivity contribution < 1.29 is 17.6 Å². The van der Waals surface area contributed by atoms with Gasteiger partial charge in [-0.3, -0.25) is 9.10 Å². The van der Waals surface area contributed by atoms with Crippen LogP contribution in [0.4, 0.5) is 10.1 Å². The van der Waals surface area contributed by atoms with E-state index in [1.54, 1.807) is 47.0 Å². The number of carbonyl (C=O) groups is 1. The first-order valence-electron chi connectivity index (χ1n) is 9.57. The molecule has 1 amide bonds. The molecule has 7 nitrogen and oxygen atoms in total. The van der Waals surface area contributed by atoms with Crippen molar-refractivity contribution in [2.24, 2.45) is 5.10 Å². The lowest BCUT2D eigenvalue weighted by Gasteiger charge is -2.21. The average Bonchev–Trinajstić information content (AvgIpc) is 3.00. The van der Waals surface area contributed by atoms with Crippen molar-refractivity contribution in [1.82, 2.24) is 9.99 Å². The summed E-state index contributed by atoms with van der Waals surface area (Å²) in [4.78, 5) is 12.4. The highest BCUT2D eigenvalue weighted by molar-refractivity contribution is 9.10. The van der Waals surface area contributed by atoms with Crippen LogP contribution in [-0.2, 0) is 14.8 Å². The van der Waals surface area contributed by atoms with E-state index in [0.29, 0.717) is 16.9 Å². The lowest BCUT2D eigenvalue weighted by molar-refractivity contribution is -0.119. The van der Waals surface area contributed by atoms with E-state index in [2.05, 4.69) is 26.5 Å². The van der Waals surface area contributed by atoms with Gasteiger partial charge in [-0.15, -0.1) is 0 Å². The van der Waals surface area contributed by atoms with Gasteiger partial charge in [0.15, 0.2) is 0 Å². The summed E-state index contributed by atoms with van der Waals surface area (Å²) in [5.41, 5.74) is 5.39. The predicted molar refractivity (Wildman–Crippen MR) is 127 cm³/mol. The third-order valence-electron chi connectivity index (χ3n) is 4.76. The molecule has 3 rings (SSSR count). The first-order valence-corrected chi connectivity index (χ1v) is 12.2. The molecular weight excluding hydrogens is 499 g/mol. The van der Waals surface area contributed by atoms with Gasteiger partial charge < -0.3 is 4.57 Å². The van der Waals surface area contributed by atoms with Crippen molar-refractivity contribution >= 4 is 43.8 Å². The summed E-state index contributed by atoms with van der Waals surface area (Å²) in [6.45, 7) is 3.24. The highest BCUT2D eigenvalue weighted by Gasteiger charge is 2.20. The number of aromatic nitrogens is 1. The monoisotopic (exact) mass is 520 g/mol. The normalized spacial score (nSPS) is 11.7. The molecule has 0 spiro atoms. The number of amides is 1. The van der Waals surface area contributed by atoms with Crippen LogP contribution < -0.4 is 9.73 Å². The molecule has 0 saturated carbocycles. The van der Waals surface area contributed by atoms with Crippen LogP contribution in [0.2, 0.25) is 0 Å². The lowest BCUT2D eigenvalue weighted by atomic mass is 10.2. The number of hydrazone groups is 1. The number of halogens is 2. The van der Waals surface area contributed by atoms with Crippen molar-refractivity contribution in [2.45, 2.75) is 13.8 Å². The van der Waals surface area contributed by atoms with Crippen LogP contribution in [0.15, 0.2) is 64.2 Å². The Morgan fingerprint density at radius 3 is 2.47 bits per heavy atom. The maximum Gasteiger partial charge on any atom is 0.260 e. The molecule has 0 aliphatic heterocycles. The van der Waals surface area contributed by atoms with Gasteiger partial charge in [0.05, 0.1) is 23.8 Å². The smallest absolute Gasteiger partial charge is 0.260 e. The fourth-order valence-corrected chi connectivity index (χ4v) is 4.39. The number of benzene rings is 2. The summed E-state index contributed by atoms with van der Waals surface area (Å²) in [6, 6.07) is 14.8. The fraction of sp³-hybridized carbons (Fsp3) is 0.182. The molecule has 1 aromatic heterocycles. The first-order chi connectivity index (χ1) is 15.1. The van der Waals surface area contributed by atoms with E-state index >= 15 is 0 Å². The Kier molecular flexibility index (Phi) is 7.15. The van der Waals surface area contributed by atoms with E-state index in [4.69, 9.17) is 0 Å². The minimum Gasteiger partial charge on any atom is -0.315 e. The average molecular weight is 521 g/mol. The van der Waals surface area contributed by atoms with Crippen LogP contribution in [0.3, 0.4) is 0 Å². The molecule has 2 aromatic carbocycles. The number of hydrogen-bond acceptors (Lipinski definition) is 4. The van der Waals surface area contributed by atoms with E-state index in [1.165, 1.54) is 12.3 Å².